The van der Waals surface area contributed by atoms with Gasteiger partial charge < -0.3 is 14.8 Å². The van der Waals surface area contributed by atoms with E-state index in [-0.39, 0.29) is 5.92 Å². The zero-order valence-corrected chi connectivity index (χ0v) is 19.1. The minimum Gasteiger partial charge on any atom is -0.481 e. The molecule has 0 aromatic carbocycles. The van der Waals surface area contributed by atoms with E-state index >= 15 is 0 Å². The number of fused-ring (bicyclic) bond motifs is 1. The molecule has 30 heavy (non-hydrogen) atoms. The third kappa shape index (κ3) is 7.24. The molecule has 1 unspecified atom stereocenters. The van der Waals surface area contributed by atoms with Crippen molar-refractivity contribution in [3.8, 4) is 0 Å². The Hall–Kier alpha value is -1.66. The van der Waals surface area contributed by atoms with Crippen LogP contribution in [-0.4, -0.2) is 59.6 Å². The summed E-state index contributed by atoms with van der Waals surface area (Å²) in [6, 6.07) is 0. The molecule has 0 radical (unpaired) electrons. The lowest BCUT2D eigenvalue weighted by Gasteiger charge is -2.31. The van der Waals surface area contributed by atoms with Crippen LogP contribution in [0, 0.1) is 12.8 Å². The van der Waals surface area contributed by atoms with E-state index in [1.54, 1.807) is 0 Å². The molecular formula is C24H40N2O4. The fourth-order valence-electron chi connectivity index (χ4n) is 4.46. The monoisotopic (exact) mass is 420 g/mol. The lowest BCUT2D eigenvalue weighted by molar-refractivity contribution is -0.137. The van der Waals surface area contributed by atoms with Crippen LogP contribution in [0.15, 0.2) is 0 Å². The van der Waals surface area contributed by atoms with Crippen LogP contribution in [-0.2, 0) is 22.4 Å². The first kappa shape index (κ1) is 24.6. The summed E-state index contributed by atoms with van der Waals surface area (Å²) in [4.78, 5) is 28.6. The van der Waals surface area contributed by atoms with E-state index in [0.29, 0.717) is 12.2 Å². The quantitative estimate of drug-likeness (QED) is 0.579. The Morgan fingerprint density at radius 2 is 1.87 bits per heavy atom. The van der Waals surface area contributed by atoms with Crippen molar-refractivity contribution in [2.45, 2.75) is 78.6 Å². The van der Waals surface area contributed by atoms with E-state index in [9.17, 15) is 9.59 Å². The second-order valence-electron chi connectivity index (χ2n) is 8.51. The number of morpholine rings is 1. The summed E-state index contributed by atoms with van der Waals surface area (Å²) in [6.45, 7) is 10.8. The van der Waals surface area contributed by atoms with Gasteiger partial charge in [-0.2, -0.15) is 0 Å². The van der Waals surface area contributed by atoms with Gasteiger partial charge in [-0.15, -0.1) is 0 Å². The molecule has 1 saturated heterocycles. The van der Waals surface area contributed by atoms with Gasteiger partial charge in [-0.25, -0.2) is 0 Å². The van der Waals surface area contributed by atoms with Gasteiger partial charge in [0.1, 0.15) is 0 Å². The van der Waals surface area contributed by atoms with Crippen molar-refractivity contribution in [2.75, 3.05) is 32.8 Å². The Labute approximate surface area is 181 Å². The summed E-state index contributed by atoms with van der Waals surface area (Å²) < 4.78 is 5.38. The number of Topliss-reactive ketones (excluding diaryl/α,β-unsaturated/α-hetero) is 1. The molecule has 2 heterocycles. The van der Waals surface area contributed by atoms with Crippen LogP contribution in [0.1, 0.15) is 86.1 Å². The van der Waals surface area contributed by atoms with E-state index in [4.69, 9.17) is 9.84 Å². The molecule has 1 atom stereocenters. The van der Waals surface area contributed by atoms with Gasteiger partial charge in [0.15, 0.2) is 5.78 Å². The summed E-state index contributed by atoms with van der Waals surface area (Å²) in [6.07, 6.45) is 8.81. The van der Waals surface area contributed by atoms with Gasteiger partial charge in [-0.3, -0.25) is 14.5 Å². The van der Waals surface area contributed by atoms with Crippen molar-refractivity contribution in [1.82, 2.24) is 9.88 Å². The van der Waals surface area contributed by atoms with E-state index in [0.717, 1.165) is 70.5 Å². The van der Waals surface area contributed by atoms with Crippen molar-refractivity contribution in [2.24, 2.45) is 5.92 Å². The van der Waals surface area contributed by atoms with Gasteiger partial charge in [0.25, 0.3) is 0 Å². The number of ketones is 1. The van der Waals surface area contributed by atoms with E-state index < -0.39 is 5.97 Å². The van der Waals surface area contributed by atoms with Gasteiger partial charge in [-0.05, 0) is 38.2 Å². The number of ether oxygens (including phenoxy) is 1. The van der Waals surface area contributed by atoms with Gasteiger partial charge in [0, 0.05) is 48.9 Å². The molecule has 0 spiro atoms. The minimum absolute atomic E-state index is 0.168. The molecule has 1 aliphatic carbocycles. The van der Waals surface area contributed by atoms with E-state index in [2.05, 4.69) is 30.7 Å². The number of carbonyl (C=O) groups is 2. The molecule has 0 saturated carbocycles. The molecule has 1 aromatic heterocycles. The lowest BCUT2D eigenvalue weighted by Crippen LogP contribution is -2.42. The van der Waals surface area contributed by atoms with Crippen LogP contribution in [0.5, 0.6) is 0 Å². The molecule has 1 aliphatic heterocycles. The molecule has 0 amide bonds. The predicted molar refractivity (Wildman–Crippen MR) is 119 cm³/mol. The first-order valence-corrected chi connectivity index (χ1v) is 11.7. The number of carboxylic acid groups (broad SMARTS) is 1. The van der Waals surface area contributed by atoms with Gasteiger partial charge in [0.2, 0.25) is 0 Å². The fraction of sp³-hybridized carbons (Fsp3) is 0.750. The highest BCUT2D eigenvalue weighted by Gasteiger charge is 2.32. The number of hydrogen-bond acceptors (Lipinski definition) is 4. The molecule has 0 bridgehead atoms. The molecule has 170 valence electrons. The Morgan fingerprint density at radius 1 is 1.17 bits per heavy atom. The lowest BCUT2D eigenvalue weighted by atomic mass is 9.83. The highest BCUT2D eigenvalue weighted by atomic mass is 16.5. The standard InChI is InChI=1S/C16H24N2O2.C8H16O2/c1-3-13-11(2)17-14-5-4-12(16(19)15(13)14)10-18-6-8-20-9-7-18;1-2-3-4-5-6-7-8(9)10/h12,17H,3-10H2,1-2H3;2-7H2,1H3,(H,9,10). The minimum atomic E-state index is -0.670. The number of rotatable bonds is 9. The number of aryl methyl sites for hydroxylation is 2. The van der Waals surface area contributed by atoms with Gasteiger partial charge in [0.05, 0.1) is 13.2 Å². The molecule has 6 heteroatoms. The van der Waals surface area contributed by atoms with E-state index in [1.165, 1.54) is 36.2 Å². The second kappa shape index (κ2) is 12.9. The molecular weight excluding hydrogens is 380 g/mol. The third-order valence-electron chi connectivity index (χ3n) is 6.18. The molecule has 1 fully saturated rings. The Balaban J connectivity index is 0.000000274. The third-order valence-corrected chi connectivity index (χ3v) is 6.18. The van der Waals surface area contributed by atoms with Crippen LogP contribution in [0.4, 0.5) is 0 Å². The number of hydrogen-bond donors (Lipinski definition) is 2. The maximum absolute atomic E-state index is 12.8. The highest BCUT2D eigenvalue weighted by molar-refractivity contribution is 6.01. The Bertz CT molecular complexity index is 677. The second-order valence-corrected chi connectivity index (χ2v) is 8.51. The number of nitrogens with one attached hydrogen (secondary N) is 1. The molecule has 3 rings (SSSR count). The maximum atomic E-state index is 12.8. The van der Waals surface area contributed by atoms with Crippen molar-refractivity contribution < 1.29 is 19.4 Å². The van der Waals surface area contributed by atoms with Gasteiger partial charge in [-0.1, -0.05) is 39.5 Å². The van der Waals surface area contributed by atoms with Crippen molar-refractivity contribution >= 4 is 11.8 Å². The SMILES string of the molecule is CCCCCCCC(=O)O.CCc1c(C)[nH]c2c1C(=O)C(CN1CCOCC1)CC2. The average molecular weight is 421 g/mol. The number of aromatic amines is 1. The summed E-state index contributed by atoms with van der Waals surface area (Å²) in [5.74, 6) is -0.142. The number of nitrogens with zero attached hydrogens (tertiary/aromatic N) is 1. The number of unbranched alkanes of at least 4 members (excludes halogenated alkanes) is 4. The summed E-state index contributed by atoms with van der Waals surface area (Å²) in [5, 5.41) is 8.27. The van der Waals surface area contributed by atoms with Crippen molar-refractivity contribution in [3.05, 3.63) is 22.5 Å². The zero-order chi connectivity index (χ0) is 21.9. The molecule has 2 N–H and O–H groups in total. The smallest absolute Gasteiger partial charge is 0.303 e. The molecule has 6 nitrogen and oxygen atoms in total. The summed E-state index contributed by atoms with van der Waals surface area (Å²) >= 11 is 0. The molecule has 2 aliphatic rings. The van der Waals surface area contributed by atoms with E-state index in [1.807, 2.05) is 0 Å². The Morgan fingerprint density at radius 3 is 2.50 bits per heavy atom. The molecule has 1 aromatic rings. The maximum Gasteiger partial charge on any atom is 0.303 e. The zero-order valence-electron chi connectivity index (χ0n) is 19.1. The average Bonchev–Trinajstić information content (AvgIpc) is 3.07. The first-order valence-electron chi connectivity index (χ1n) is 11.7. The van der Waals surface area contributed by atoms with Crippen LogP contribution in [0.2, 0.25) is 0 Å². The predicted octanol–water partition coefficient (Wildman–Crippen LogP) is 4.39. The number of aliphatic carboxylic acids is 1. The first-order chi connectivity index (χ1) is 14.5. The topological polar surface area (TPSA) is 82.6 Å². The van der Waals surface area contributed by atoms with Crippen LogP contribution in [0.25, 0.3) is 0 Å². The summed E-state index contributed by atoms with van der Waals surface area (Å²) in [5.41, 5.74) is 4.59. The number of carbonyl (C=O) groups excluding carboxylic acids is 1. The Kier molecular flexibility index (Phi) is 10.6. The van der Waals surface area contributed by atoms with Crippen LogP contribution < -0.4 is 0 Å². The summed E-state index contributed by atoms with van der Waals surface area (Å²) in [7, 11) is 0. The largest absolute Gasteiger partial charge is 0.481 e. The highest BCUT2D eigenvalue weighted by Crippen LogP contribution is 2.30. The fourth-order valence-corrected chi connectivity index (χ4v) is 4.46. The van der Waals surface area contributed by atoms with Crippen molar-refractivity contribution in [1.29, 1.82) is 0 Å². The van der Waals surface area contributed by atoms with Gasteiger partial charge >= 0.3 is 5.97 Å². The van der Waals surface area contributed by atoms with Crippen molar-refractivity contribution in [3.63, 3.8) is 0 Å². The van der Waals surface area contributed by atoms with Crippen LogP contribution in [0.3, 0.4) is 0 Å². The van der Waals surface area contributed by atoms with Crippen LogP contribution >= 0.6 is 0 Å². The number of carboxylic acids is 1. The normalized spacial score (nSPS) is 19.2. The number of aromatic nitrogens is 1. The number of H-pyrrole nitrogens is 1.